The van der Waals surface area contributed by atoms with Gasteiger partial charge in [-0.3, -0.25) is 0 Å². The van der Waals surface area contributed by atoms with Gasteiger partial charge in [0.1, 0.15) is 16.6 Å². The third kappa shape index (κ3) is 1.68. The Morgan fingerprint density at radius 1 is 1.58 bits per heavy atom. The first-order valence-corrected chi connectivity index (χ1v) is 3.78. The van der Waals surface area contributed by atoms with Gasteiger partial charge in [-0.1, -0.05) is 11.6 Å². The number of hydrogen-bond acceptors (Lipinski definition) is 2. The van der Waals surface area contributed by atoms with Crippen molar-refractivity contribution in [3.8, 4) is 5.75 Å². The maximum atomic E-state index is 12.9. The highest BCUT2D eigenvalue weighted by molar-refractivity contribution is 6.32. The highest BCUT2D eigenvalue weighted by Crippen LogP contribution is 2.28. The zero-order valence-corrected chi connectivity index (χ0v) is 7.36. The Kier molecular flexibility index (Phi) is 2.89. The summed E-state index contributed by atoms with van der Waals surface area (Å²) in [5.41, 5.74) is 5.99. The number of ether oxygens (including phenoxy) is 1. The van der Waals surface area contributed by atoms with Crippen LogP contribution in [0.25, 0.3) is 0 Å². The van der Waals surface area contributed by atoms with Gasteiger partial charge >= 0.3 is 0 Å². The van der Waals surface area contributed by atoms with E-state index in [0.29, 0.717) is 11.3 Å². The van der Waals surface area contributed by atoms with E-state index < -0.39 is 5.82 Å². The van der Waals surface area contributed by atoms with E-state index in [1.54, 1.807) is 6.07 Å². The fraction of sp³-hybridized carbons (Fsp3) is 0.250. The van der Waals surface area contributed by atoms with Crippen LogP contribution in [-0.4, -0.2) is 7.11 Å². The Morgan fingerprint density at radius 3 is 2.75 bits per heavy atom. The van der Waals surface area contributed by atoms with E-state index in [1.807, 2.05) is 0 Å². The summed E-state index contributed by atoms with van der Waals surface area (Å²) >= 11 is 5.58. The molecule has 0 heterocycles. The minimum atomic E-state index is -0.503. The van der Waals surface area contributed by atoms with Crippen LogP contribution in [0.1, 0.15) is 5.56 Å². The topological polar surface area (TPSA) is 35.2 Å². The van der Waals surface area contributed by atoms with Gasteiger partial charge in [-0.25, -0.2) is 4.39 Å². The average Bonchev–Trinajstić information content (AvgIpc) is 2.09. The predicted molar refractivity (Wildman–Crippen MR) is 45.9 cm³/mol. The van der Waals surface area contributed by atoms with Gasteiger partial charge in [0.05, 0.1) is 7.11 Å². The molecule has 0 saturated heterocycles. The predicted octanol–water partition coefficient (Wildman–Crippen LogP) is 1.95. The van der Waals surface area contributed by atoms with E-state index in [1.165, 1.54) is 13.2 Å². The van der Waals surface area contributed by atoms with Crippen LogP contribution < -0.4 is 10.5 Å². The molecule has 1 rings (SSSR count). The number of benzene rings is 1. The van der Waals surface area contributed by atoms with Crippen molar-refractivity contribution in [2.45, 2.75) is 6.54 Å². The van der Waals surface area contributed by atoms with Crippen LogP contribution in [0.5, 0.6) is 5.75 Å². The van der Waals surface area contributed by atoms with Crippen molar-refractivity contribution in [1.29, 1.82) is 0 Å². The SMILES string of the molecule is COc1cc(CN)cc(F)c1Cl. The number of halogens is 2. The Morgan fingerprint density at radius 2 is 2.25 bits per heavy atom. The third-order valence-electron chi connectivity index (χ3n) is 1.51. The van der Waals surface area contributed by atoms with E-state index in [-0.39, 0.29) is 11.6 Å². The summed E-state index contributed by atoms with van der Waals surface area (Å²) in [7, 11) is 1.43. The van der Waals surface area contributed by atoms with Crippen LogP contribution in [0.2, 0.25) is 5.02 Å². The summed E-state index contributed by atoms with van der Waals surface area (Å²) in [4.78, 5) is 0. The van der Waals surface area contributed by atoms with E-state index in [2.05, 4.69) is 0 Å². The standard InChI is InChI=1S/C8H9ClFNO/c1-12-7-3-5(4-11)2-6(10)8(7)9/h2-3H,4,11H2,1H3. The number of methoxy groups -OCH3 is 1. The van der Waals surface area contributed by atoms with Crippen LogP contribution >= 0.6 is 11.6 Å². The quantitative estimate of drug-likeness (QED) is 0.772. The molecule has 2 N–H and O–H groups in total. The molecule has 0 aliphatic carbocycles. The summed E-state index contributed by atoms with van der Waals surface area (Å²) in [6.45, 7) is 0.268. The smallest absolute Gasteiger partial charge is 0.145 e. The normalized spacial score (nSPS) is 10.0. The second-order valence-corrected chi connectivity index (χ2v) is 2.68. The van der Waals surface area contributed by atoms with Gasteiger partial charge < -0.3 is 10.5 Å². The Balaban J connectivity index is 3.19. The lowest BCUT2D eigenvalue weighted by Gasteiger charge is -2.05. The molecule has 1 aromatic rings. The maximum Gasteiger partial charge on any atom is 0.145 e. The molecule has 0 saturated carbocycles. The minimum absolute atomic E-state index is 0.00491. The lowest BCUT2D eigenvalue weighted by Crippen LogP contribution is -1.98. The minimum Gasteiger partial charge on any atom is -0.495 e. The van der Waals surface area contributed by atoms with Crippen molar-refractivity contribution in [2.24, 2.45) is 5.73 Å². The van der Waals surface area contributed by atoms with E-state index >= 15 is 0 Å². The lowest BCUT2D eigenvalue weighted by atomic mass is 10.2. The van der Waals surface area contributed by atoms with Gasteiger partial charge in [-0.05, 0) is 17.7 Å². The second-order valence-electron chi connectivity index (χ2n) is 2.30. The molecule has 1 aromatic carbocycles. The molecule has 0 spiro atoms. The summed E-state index contributed by atoms with van der Waals surface area (Å²) in [6, 6.07) is 2.91. The first-order chi connectivity index (χ1) is 5.69. The largest absolute Gasteiger partial charge is 0.495 e. The second kappa shape index (κ2) is 3.74. The number of hydrogen-bond donors (Lipinski definition) is 1. The molecule has 0 radical (unpaired) electrons. The monoisotopic (exact) mass is 189 g/mol. The molecular weight excluding hydrogens is 181 g/mol. The van der Waals surface area contributed by atoms with Crippen molar-refractivity contribution in [3.63, 3.8) is 0 Å². The van der Waals surface area contributed by atoms with Crippen LogP contribution in [0.15, 0.2) is 12.1 Å². The highest BCUT2D eigenvalue weighted by atomic mass is 35.5. The maximum absolute atomic E-state index is 12.9. The molecule has 0 atom stereocenters. The Labute approximate surface area is 75.1 Å². The first kappa shape index (κ1) is 9.29. The molecule has 0 amide bonds. The Bertz CT molecular complexity index is 291. The molecule has 0 aliphatic heterocycles. The van der Waals surface area contributed by atoms with E-state index in [9.17, 15) is 4.39 Å². The summed E-state index contributed by atoms with van der Waals surface area (Å²) in [5.74, 6) is -0.186. The van der Waals surface area contributed by atoms with Crippen LogP contribution in [0.3, 0.4) is 0 Å². The van der Waals surface area contributed by atoms with E-state index in [4.69, 9.17) is 22.1 Å². The number of rotatable bonds is 2. The van der Waals surface area contributed by atoms with Crippen molar-refractivity contribution in [1.82, 2.24) is 0 Å². The van der Waals surface area contributed by atoms with Gasteiger partial charge in [0.15, 0.2) is 0 Å². The first-order valence-electron chi connectivity index (χ1n) is 3.41. The number of nitrogens with two attached hydrogens (primary N) is 1. The molecule has 0 fully saturated rings. The van der Waals surface area contributed by atoms with Crippen LogP contribution in [0.4, 0.5) is 4.39 Å². The fourth-order valence-corrected chi connectivity index (χ4v) is 1.07. The summed E-state index contributed by atoms with van der Waals surface area (Å²) in [6.07, 6.45) is 0. The Hall–Kier alpha value is -0.800. The molecule has 0 aromatic heterocycles. The molecule has 0 bridgehead atoms. The molecule has 0 unspecified atom stereocenters. The average molecular weight is 190 g/mol. The fourth-order valence-electron chi connectivity index (χ4n) is 0.884. The summed E-state index contributed by atoms with van der Waals surface area (Å²) < 4.78 is 17.8. The molecule has 0 aliphatic rings. The van der Waals surface area contributed by atoms with E-state index in [0.717, 1.165) is 0 Å². The van der Waals surface area contributed by atoms with Gasteiger partial charge in [-0.15, -0.1) is 0 Å². The zero-order chi connectivity index (χ0) is 9.14. The third-order valence-corrected chi connectivity index (χ3v) is 1.88. The molecule has 4 heteroatoms. The zero-order valence-electron chi connectivity index (χ0n) is 6.60. The molecule has 66 valence electrons. The van der Waals surface area contributed by atoms with Crippen molar-refractivity contribution in [3.05, 3.63) is 28.5 Å². The molecule has 12 heavy (non-hydrogen) atoms. The van der Waals surface area contributed by atoms with Gasteiger partial charge in [0, 0.05) is 6.54 Å². The van der Waals surface area contributed by atoms with Gasteiger partial charge in [-0.2, -0.15) is 0 Å². The molecule has 2 nitrogen and oxygen atoms in total. The van der Waals surface area contributed by atoms with Crippen molar-refractivity contribution >= 4 is 11.6 Å². The van der Waals surface area contributed by atoms with Crippen molar-refractivity contribution in [2.75, 3.05) is 7.11 Å². The molecular formula is C8H9ClFNO. The van der Waals surface area contributed by atoms with Crippen LogP contribution in [0, 0.1) is 5.82 Å². The lowest BCUT2D eigenvalue weighted by molar-refractivity contribution is 0.411. The van der Waals surface area contributed by atoms with Gasteiger partial charge in [0.25, 0.3) is 0 Å². The van der Waals surface area contributed by atoms with Crippen LogP contribution in [-0.2, 0) is 6.54 Å². The van der Waals surface area contributed by atoms with Crippen molar-refractivity contribution < 1.29 is 9.13 Å². The van der Waals surface area contributed by atoms with Gasteiger partial charge in [0.2, 0.25) is 0 Å². The highest BCUT2D eigenvalue weighted by Gasteiger charge is 2.07. The summed E-state index contributed by atoms with van der Waals surface area (Å²) in [5, 5.41) is -0.00491.